The molecule has 3 unspecified atom stereocenters. The van der Waals surface area contributed by atoms with Crippen LogP contribution >= 0.6 is 0 Å². The summed E-state index contributed by atoms with van der Waals surface area (Å²) < 4.78 is 29.5. The van der Waals surface area contributed by atoms with Gasteiger partial charge in [0.15, 0.2) is 0 Å². The summed E-state index contributed by atoms with van der Waals surface area (Å²) in [5, 5.41) is 0. The molecule has 0 aromatic heterocycles. The highest BCUT2D eigenvalue weighted by Gasteiger charge is 2.43. The summed E-state index contributed by atoms with van der Waals surface area (Å²) in [5.41, 5.74) is 6.00. The summed E-state index contributed by atoms with van der Waals surface area (Å²) in [6.45, 7) is 6.69. The first-order chi connectivity index (χ1) is 10.3. The van der Waals surface area contributed by atoms with E-state index in [4.69, 9.17) is 5.73 Å². The lowest BCUT2D eigenvalue weighted by atomic mass is 9.76. The molecule has 2 saturated heterocycles. The van der Waals surface area contributed by atoms with Crippen molar-refractivity contribution in [3.05, 3.63) is 0 Å². The predicted octanol–water partition coefficient (Wildman–Crippen LogP) is 1.80. The molecule has 3 aliphatic rings. The monoisotopic (exact) mass is 329 g/mol. The maximum absolute atomic E-state index is 13.0. The van der Waals surface area contributed by atoms with Crippen molar-refractivity contribution in [2.45, 2.75) is 58.4 Å². The number of rotatable bonds is 2. The molecule has 0 amide bonds. The van der Waals surface area contributed by atoms with Gasteiger partial charge in [0.2, 0.25) is 0 Å². The molecular formula is C16H31N3O2S. The number of hydrogen-bond donors (Lipinski definition) is 1. The fourth-order valence-electron chi connectivity index (χ4n) is 4.46. The summed E-state index contributed by atoms with van der Waals surface area (Å²) in [6.07, 6.45) is 6.89. The largest absolute Gasteiger partial charge is 0.327 e. The second-order valence-electron chi connectivity index (χ2n) is 8.18. The molecule has 2 heterocycles. The van der Waals surface area contributed by atoms with Gasteiger partial charge >= 0.3 is 0 Å². The molecule has 1 saturated carbocycles. The van der Waals surface area contributed by atoms with Crippen molar-refractivity contribution >= 4 is 10.2 Å². The molecule has 1 aliphatic carbocycles. The van der Waals surface area contributed by atoms with Gasteiger partial charge in [-0.15, -0.1) is 0 Å². The van der Waals surface area contributed by atoms with Crippen LogP contribution in [-0.4, -0.2) is 49.2 Å². The number of fused-ring (bicyclic) bond motifs is 1. The Bertz CT molecular complexity index is 506. The van der Waals surface area contributed by atoms with Gasteiger partial charge in [0.25, 0.3) is 10.2 Å². The zero-order chi connectivity index (χ0) is 16.0. The molecule has 3 atom stereocenters. The minimum absolute atomic E-state index is 0.0861. The maximum atomic E-state index is 13.0. The number of hydrogen-bond acceptors (Lipinski definition) is 3. The van der Waals surface area contributed by atoms with Gasteiger partial charge in [-0.05, 0) is 36.5 Å². The third-order valence-corrected chi connectivity index (χ3v) is 8.13. The van der Waals surface area contributed by atoms with Crippen LogP contribution in [0.4, 0.5) is 0 Å². The van der Waals surface area contributed by atoms with Crippen LogP contribution in [0.25, 0.3) is 0 Å². The van der Waals surface area contributed by atoms with E-state index in [0.29, 0.717) is 25.6 Å². The summed E-state index contributed by atoms with van der Waals surface area (Å²) in [5.74, 6) is 1.34. The van der Waals surface area contributed by atoms with Crippen LogP contribution in [0.5, 0.6) is 0 Å². The van der Waals surface area contributed by atoms with Gasteiger partial charge in [-0.1, -0.05) is 33.1 Å². The topological polar surface area (TPSA) is 66.6 Å². The van der Waals surface area contributed by atoms with E-state index in [1.807, 2.05) is 0 Å². The summed E-state index contributed by atoms with van der Waals surface area (Å²) in [7, 11) is -3.32. The highest BCUT2D eigenvalue weighted by molar-refractivity contribution is 7.86. The molecule has 2 aliphatic heterocycles. The molecular weight excluding hydrogens is 298 g/mol. The lowest BCUT2D eigenvalue weighted by Gasteiger charge is -2.46. The van der Waals surface area contributed by atoms with E-state index in [0.717, 1.165) is 25.3 Å². The van der Waals surface area contributed by atoms with Crippen LogP contribution in [0.1, 0.15) is 52.4 Å². The smallest absolute Gasteiger partial charge is 0.282 e. The van der Waals surface area contributed by atoms with Gasteiger partial charge < -0.3 is 5.73 Å². The van der Waals surface area contributed by atoms with Gasteiger partial charge in [-0.3, -0.25) is 0 Å². The van der Waals surface area contributed by atoms with Crippen molar-refractivity contribution in [3.8, 4) is 0 Å². The van der Waals surface area contributed by atoms with E-state index in [1.165, 1.54) is 25.7 Å². The molecule has 5 nitrogen and oxygen atoms in total. The Morgan fingerprint density at radius 2 is 1.59 bits per heavy atom. The fourth-order valence-corrected chi connectivity index (χ4v) is 6.34. The van der Waals surface area contributed by atoms with Gasteiger partial charge in [-0.2, -0.15) is 17.0 Å². The molecule has 0 bridgehead atoms. The Balaban J connectivity index is 1.70. The van der Waals surface area contributed by atoms with E-state index in [9.17, 15) is 8.42 Å². The summed E-state index contributed by atoms with van der Waals surface area (Å²) >= 11 is 0. The number of piperidine rings is 2. The Morgan fingerprint density at radius 1 is 0.955 bits per heavy atom. The molecule has 0 spiro atoms. The van der Waals surface area contributed by atoms with Crippen LogP contribution in [0.2, 0.25) is 0 Å². The van der Waals surface area contributed by atoms with Crippen molar-refractivity contribution in [2.75, 3.05) is 26.2 Å². The number of nitrogens with two attached hydrogens (primary N) is 1. The van der Waals surface area contributed by atoms with Crippen LogP contribution in [0.3, 0.4) is 0 Å². The van der Waals surface area contributed by atoms with Crippen LogP contribution in [-0.2, 0) is 10.2 Å². The molecule has 0 aromatic rings. The van der Waals surface area contributed by atoms with E-state index in [-0.39, 0.29) is 11.5 Å². The Morgan fingerprint density at radius 3 is 2.27 bits per heavy atom. The van der Waals surface area contributed by atoms with Crippen LogP contribution in [0, 0.1) is 17.3 Å². The van der Waals surface area contributed by atoms with Crippen molar-refractivity contribution in [1.29, 1.82) is 0 Å². The first-order valence-electron chi connectivity index (χ1n) is 8.81. The summed E-state index contributed by atoms with van der Waals surface area (Å²) in [4.78, 5) is 0. The Hall–Kier alpha value is -0.170. The van der Waals surface area contributed by atoms with E-state index in [1.54, 1.807) is 8.61 Å². The third-order valence-electron chi connectivity index (χ3n) is 6.18. The van der Waals surface area contributed by atoms with Crippen molar-refractivity contribution in [1.82, 2.24) is 8.61 Å². The quantitative estimate of drug-likeness (QED) is 0.840. The van der Waals surface area contributed by atoms with Gasteiger partial charge in [0.05, 0.1) is 0 Å². The minimum Gasteiger partial charge on any atom is -0.327 e. The molecule has 0 radical (unpaired) electrons. The normalized spacial score (nSPS) is 37.7. The molecule has 6 heteroatoms. The van der Waals surface area contributed by atoms with Crippen molar-refractivity contribution < 1.29 is 8.42 Å². The van der Waals surface area contributed by atoms with Gasteiger partial charge in [0.1, 0.15) is 0 Å². The first kappa shape index (κ1) is 16.7. The SMILES string of the molecule is CC1(C)CN(S(=O)(=O)N2CCC3CCCCC3C2)CCC1N. The second kappa shape index (κ2) is 6.04. The standard InChI is InChI=1S/C16H31N3O2S/c1-16(2)12-19(10-8-15(16)17)22(20,21)18-9-7-13-5-3-4-6-14(13)11-18/h13-15H,3-12,17H2,1-2H3. The zero-order valence-corrected chi connectivity index (χ0v) is 14.8. The fraction of sp³-hybridized carbons (Fsp3) is 1.00. The van der Waals surface area contributed by atoms with Crippen LogP contribution < -0.4 is 5.73 Å². The average Bonchev–Trinajstić information content (AvgIpc) is 2.49. The molecule has 128 valence electrons. The lowest BCUT2D eigenvalue weighted by Crippen LogP contribution is -2.58. The van der Waals surface area contributed by atoms with E-state index >= 15 is 0 Å². The lowest BCUT2D eigenvalue weighted by molar-refractivity contribution is 0.116. The van der Waals surface area contributed by atoms with Gasteiger partial charge in [-0.25, -0.2) is 0 Å². The molecule has 3 rings (SSSR count). The van der Waals surface area contributed by atoms with E-state index in [2.05, 4.69) is 13.8 Å². The average molecular weight is 330 g/mol. The minimum atomic E-state index is -3.32. The van der Waals surface area contributed by atoms with Crippen molar-refractivity contribution in [3.63, 3.8) is 0 Å². The van der Waals surface area contributed by atoms with E-state index < -0.39 is 10.2 Å². The highest BCUT2D eigenvalue weighted by atomic mass is 32.2. The molecule has 2 N–H and O–H groups in total. The Kier molecular flexibility index (Phi) is 4.58. The second-order valence-corrected chi connectivity index (χ2v) is 10.1. The summed E-state index contributed by atoms with van der Waals surface area (Å²) in [6, 6.07) is 0.0861. The van der Waals surface area contributed by atoms with Gasteiger partial charge in [0, 0.05) is 32.2 Å². The maximum Gasteiger partial charge on any atom is 0.282 e. The number of nitrogens with zero attached hydrogens (tertiary/aromatic N) is 2. The zero-order valence-electron chi connectivity index (χ0n) is 14.0. The van der Waals surface area contributed by atoms with Crippen LogP contribution in [0.15, 0.2) is 0 Å². The molecule has 0 aromatic carbocycles. The third kappa shape index (κ3) is 3.07. The molecule has 22 heavy (non-hydrogen) atoms. The Labute approximate surface area is 135 Å². The highest BCUT2D eigenvalue weighted by Crippen LogP contribution is 2.38. The predicted molar refractivity (Wildman–Crippen MR) is 88.5 cm³/mol. The first-order valence-corrected chi connectivity index (χ1v) is 10.2. The molecule has 3 fully saturated rings. The van der Waals surface area contributed by atoms with Crippen molar-refractivity contribution in [2.24, 2.45) is 23.0 Å².